The number of halogens is 4. The van der Waals surface area contributed by atoms with Crippen molar-refractivity contribution in [3.05, 3.63) is 65.0 Å². The van der Waals surface area contributed by atoms with Gasteiger partial charge in [-0.15, -0.1) is 0 Å². The molecule has 5 amide bonds. The monoisotopic (exact) mass is 552 g/mol. The summed E-state index contributed by atoms with van der Waals surface area (Å²) in [5, 5.41) is 4.95. The molecule has 0 aliphatic carbocycles. The number of anilines is 1. The number of imide groups is 1. The molecule has 208 valence electrons. The Bertz CT molecular complexity index is 1300. The van der Waals surface area contributed by atoms with Crippen LogP contribution in [0.15, 0.2) is 42.5 Å². The summed E-state index contributed by atoms with van der Waals surface area (Å²) in [5.74, 6) is -2.76. The van der Waals surface area contributed by atoms with Crippen molar-refractivity contribution in [1.82, 2.24) is 15.1 Å². The maximum absolute atomic E-state index is 13.6. The Labute approximate surface area is 219 Å². The lowest BCUT2D eigenvalue weighted by atomic mass is 9.87. The molecule has 39 heavy (non-hydrogen) atoms. The van der Waals surface area contributed by atoms with Crippen LogP contribution in [-0.2, 0) is 37.8 Å². The third-order valence-electron chi connectivity index (χ3n) is 6.48. The molecule has 14 heteroatoms. The molecule has 0 aromatic heterocycles. The molecule has 1 fully saturated rings. The van der Waals surface area contributed by atoms with E-state index in [2.05, 4.69) is 10.6 Å². The van der Waals surface area contributed by atoms with E-state index in [4.69, 9.17) is 9.47 Å². The lowest BCUT2D eigenvalue weighted by molar-refractivity contribution is -0.187. The molecule has 2 aromatic rings. The highest BCUT2D eigenvalue weighted by Crippen LogP contribution is 2.41. The minimum Gasteiger partial charge on any atom is -0.425 e. The van der Waals surface area contributed by atoms with E-state index in [1.165, 1.54) is 37.4 Å². The second-order valence-electron chi connectivity index (χ2n) is 9.02. The Morgan fingerprint density at radius 2 is 1.85 bits per heavy atom. The number of urea groups is 1. The summed E-state index contributed by atoms with van der Waals surface area (Å²) < 4.78 is 65.0. The zero-order valence-electron chi connectivity index (χ0n) is 20.8. The van der Waals surface area contributed by atoms with Gasteiger partial charge < -0.3 is 25.0 Å². The van der Waals surface area contributed by atoms with Crippen LogP contribution < -0.4 is 10.6 Å². The van der Waals surface area contributed by atoms with Crippen LogP contribution in [0, 0.1) is 5.82 Å². The van der Waals surface area contributed by atoms with Crippen molar-refractivity contribution in [1.29, 1.82) is 0 Å². The first kappa shape index (κ1) is 27.8. The van der Waals surface area contributed by atoms with Crippen LogP contribution in [0.5, 0.6) is 0 Å². The van der Waals surface area contributed by atoms with Crippen LogP contribution in [0.25, 0.3) is 0 Å². The van der Waals surface area contributed by atoms with E-state index in [0.717, 1.165) is 19.1 Å². The van der Waals surface area contributed by atoms with Crippen molar-refractivity contribution in [3.8, 4) is 0 Å². The second-order valence-corrected chi connectivity index (χ2v) is 9.02. The van der Waals surface area contributed by atoms with E-state index < -0.39 is 60.7 Å². The van der Waals surface area contributed by atoms with E-state index in [9.17, 15) is 36.7 Å². The molecule has 1 saturated heterocycles. The van der Waals surface area contributed by atoms with Crippen molar-refractivity contribution < 1.29 is 46.2 Å². The predicted octanol–water partition coefficient (Wildman–Crippen LogP) is 3.26. The smallest absolute Gasteiger partial charge is 0.418 e. The van der Waals surface area contributed by atoms with Crippen molar-refractivity contribution in [2.45, 2.75) is 37.9 Å². The highest BCUT2D eigenvalue weighted by atomic mass is 19.4. The van der Waals surface area contributed by atoms with Gasteiger partial charge in [0.15, 0.2) is 0 Å². The SMILES string of the molecule is CNC(=O)Nc1ccc2c(c1)COCC21OC(=O)N(CC(=O)N(Cc2ccc(F)cc2)C(C)C(F)(F)F)C1=O. The molecule has 0 radical (unpaired) electrons. The summed E-state index contributed by atoms with van der Waals surface area (Å²) in [6.07, 6.45) is -6.04. The average Bonchev–Trinajstić information content (AvgIpc) is 3.11. The number of rotatable bonds is 6. The topological polar surface area (TPSA) is 117 Å². The summed E-state index contributed by atoms with van der Waals surface area (Å²) >= 11 is 0. The van der Waals surface area contributed by atoms with Crippen LogP contribution in [0.4, 0.5) is 32.8 Å². The van der Waals surface area contributed by atoms with Gasteiger partial charge in [-0.3, -0.25) is 9.59 Å². The Hall–Kier alpha value is -4.20. The van der Waals surface area contributed by atoms with E-state index in [0.29, 0.717) is 21.1 Å². The number of nitrogens with zero attached hydrogens (tertiary/aromatic N) is 2. The summed E-state index contributed by atoms with van der Waals surface area (Å²) in [6.45, 7) is -1.15. The minimum atomic E-state index is -4.82. The van der Waals surface area contributed by atoms with E-state index in [1.807, 2.05) is 0 Å². The van der Waals surface area contributed by atoms with Crippen LogP contribution in [0.3, 0.4) is 0 Å². The van der Waals surface area contributed by atoms with Gasteiger partial charge in [-0.2, -0.15) is 13.2 Å². The maximum atomic E-state index is 13.6. The lowest BCUT2D eigenvalue weighted by Crippen LogP contribution is -2.52. The number of fused-ring (bicyclic) bond motifs is 2. The van der Waals surface area contributed by atoms with Gasteiger partial charge in [-0.05, 0) is 42.3 Å². The van der Waals surface area contributed by atoms with Gasteiger partial charge in [-0.25, -0.2) is 18.9 Å². The number of hydrogen-bond donors (Lipinski definition) is 2. The minimum absolute atomic E-state index is 0.0264. The molecule has 2 aliphatic rings. The molecule has 2 aliphatic heterocycles. The summed E-state index contributed by atoms with van der Waals surface area (Å²) in [7, 11) is 1.43. The van der Waals surface area contributed by atoms with Gasteiger partial charge in [0.05, 0.1) is 6.61 Å². The number of carbonyl (C=O) groups excluding carboxylic acids is 4. The normalized spacial score (nSPS) is 19.4. The standard InChI is InChI=1S/C25H24F4N4O6/c1-14(25(27,28)29)32(10-15-3-5-17(26)6-4-15)20(34)11-33-21(35)24(39-23(33)37)13-38-12-16-9-18(7-8-19(16)24)31-22(36)30-2/h3-9,14H,10-13H2,1-2H3,(H2,30,31,36). The number of hydrogen-bond acceptors (Lipinski definition) is 6. The molecule has 4 rings (SSSR count). The van der Waals surface area contributed by atoms with Crippen LogP contribution in [0.1, 0.15) is 23.6 Å². The van der Waals surface area contributed by atoms with Crippen LogP contribution in [-0.4, -0.2) is 66.2 Å². The van der Waals surface area contributed by atoms with Gasteiger partial charge in [0.1, 0.15) is 25.0 Å². The summed E-state index contributed by atoms with van der Waals surface area (Å²) in [5.41, 5.74) is -0.684. The largest absolute Gasteiger partial charge is 0.425 e. The highest BCUT2D eigenvalue weighted by Gasteiger charge is 2.58. The lowest BCUT2D eigenvalue weighted by Gasteiger charge is -2.33. The summed E-state index contributed by atoms with van der Waals surface area (Å²) in [6, 6.07) is 6.23. The maximum Gasteiger partial charge on any atom is 0.418 e. The first-order chi connectivity index (χ1) is 18.4. The molecule has 1 spiro atoms. The molecule has 0 bridgehead atoms. The molecular weight excluding hydrogens is 528 g/mol. The van der Waals surface area contributed by atoms with Crippen molar-refractivity contribution >= 4 is 29.6 Å². The van der Waals surface area contributed by atoms with Crippen LogP contribution in [0.2, 0.25) is 0 Å². The van der Waals surface area contributed by atoms with E-state index in [1.54, 1.807) is 0 Å². The highest BCUT2D eigenvalue weighted by molar-refractivity contribution is 6.06. The number of ether oxygens (including phenoxy) is 2. The second kappa shape index (κ2) is 10.5. The number of amides is 5. The van der Waals surface area contributed by atoms with E-state index in [-0.39, 0.29) is 24.3 Å². The molecule has 2 heterocycles. The van der Waals surface area contributed by atoms with Crippen LogP contribution >= 0.6 is 0 Å². The zero-order chi connectivity index (χ0) is 28.5. The third-order valence-corrected chi connectivity index (χ3v) is 6.48. The molecule has 2 unspecified atom stereocenters. The van der Waals surface area contributed by atoms with Gasteiger partial charge >= 0.3 is 18.3 Å². The zero-order valence-corrected chi connectivity index (χ0v) is 20.8. The molecular formula is C25H24F4N4O6. The van der Waals surface area contributed by atoms with Crippen molar-refractivity contribution in [2.75, 3.05) is 25.5 Å². The van der Waals surface area contributed by atoms with E-state index >= 15 is 0 Å². The van der Waals surface area contributed by atoms with Crippen molar-refractivity contribution in [3.63, 3.8) is 0 Å². The quantitative estimate of drug-likeness (QED) is 0.532. The number of alkyl halides is 3. The van der Waals surface area contributed by atoms with Crippen molar-refractivity contribution in [2.24, 2.45) is 0 Å². The Balaban J connectivity index is 1.59. The number of nitrogens with one attached hydrogen (secondary N) is 2. The molecule has 2 aromatic carbocycles. The van der Waals surface area contributed by atoms with Gasteiger partial charge in [0.2, 0.25) is 11.5 Å². The average molecular weight is 552 g/mol. The Kier molecular flexibility index (Phi) is 7.50. The predicted molar refractivity (Wildman–Crippen MR) is 127 cm³/mol. The molecule has 0 saturated carbocycles. The molecule has 2 atom stereocenters. The number of benzene rings is 2. The first-order valence-corrected chi connectivity index (χ1v) is 11.7. The number of carbonyl (C=O) groups is 4. The summed E-state index contributed by atoms with van der Waals surface area (Å²) in [4.78, 5) is 51.9. The van der Waals surface area contributed by atoms with Gasteiger partial charge in [0, 0.05) is 24.8 Å². The molecule has 2 N–H and O–H groups in total. The molecule has 10 nitrogen and oxygen atoms in total. The fourth-order valence-corrected chi connectivity index (χ4v) is 4.34. The Morgan fingerprint density at radius 1 is 1.15 bits per heavy atom. The third kappa shape index (κ3) is 5.50. The fraction of sp³-hybridized carbons (Fsp3) is 0.360. The Morgan fingerprint density at radius 3 is 2.49 bits per heavy atom. The fourth-order valence-electron chi connectivity index (χ4n) is 4.34. The van der Waals surface area contributed by atoms with Gasteiger partial charge in [0.25, 0.3) is 5.91 Å². The van der Waals surface area contributed by atoms with Gasteiger partial charge in [-0.1, -0.05) is 18.2 Å². The first-order valence-electron chi connectivity index (χ1n) is 11.7.